The number of rotatable bonds is 6. The van der Waals surface area contributed by atoms with Crippen LogP contribution in [0.2, 0.25) is 0 Å². The smallest absolute Gasteiger partial charge is 0.167 e. The zero-order chi connectivity index (χ0) is 12.0. The van der Waals surface area contributed by atoms with Gasteiger partial charge in [-0.3, -0.25) is 0 Å². The number of anilines is 1. The topological polar surface area (TPSA) is 47.3 Å². The van der Waals surface area contributed by atoms with Crippen molar-refractivity contribution in [2.24, 2.45) is 5.73 Å². The highest BCUT2D eigenvalue weighted by atomic mass is 19.1. The minimum absolute atomic E-state index is 0.0226. The molecule has 0 bridgehead atoms. The number of nitrogens with one attached hydrogen (secondary N) is 1. The second-order valence-corrected chi connectivity index (χ2v) is 3.88. The fourth-order valence-electron chi connectivity index (χ4n) is 1.30. The van der Waals surface area contributed by atoms with Gasteiger partial charge >= 0.3 is 0 Å². The third-order valence-electron chi connectivity index (χ3n) is 2.00. The normalized spacial score (nSPS) is 10.6. The molecule has 4 heteroatoms. The van der Waals surface area contributed by atoms with Crippen LogP contribution in [-0.4, -0.2) is 19.2 Å². The van der Waals surface area contributed by atoms with Crippen LogP contribution in [0.15, 0.2) is 18.2 Å². The number of benzene rings is 1. The van der Waals surface area contributed by atoms with E-state index in [9.17, 15) is 4.39 Å². The van der Waals surface area contributed by atoms with Crippen LogP contribution in [0.25, 0.3) is 0 Å². The van der Waals surface area contributed by atoms with Crippen LogP contribution >= 0.6 is 0 Å². The molecule has 0 aromatic heterocycles. The second-order valence-electron chi connectivity index (χ2n) is 3.88. The summed E-state index contributed by atoms with van der Waals surface area (Å²) in [6.45, 7) is 5.12. The van der Waals surface area contributed by atoms with Crippen molar-refractivity contribution in [3.05, 3.63) is 24.0 Å². The summed E-state index contributed by atoms with van der Waals surface area (Å²) in [6, 6.07) is 4.88. The van der Waals surface area contributed by atoms with Gasteiger partial charge in [0.1, 0.15) is 0 Å². The highest BCUT2D eigenvalue weighted by Gasteiger charge is 2.05. The minimum Gasteiger partial charge on any atom is -0.488 e. The van der Waals surface area contributed by atoms with E-state index >= 15 is 0 Å². The first-order chi connectivity index (χ1) is 7.63. The molecule has 3 N–H and O–H groups in total. The zero-order valence-electron chi connectivity index (χ0n) is 9.79. The molecular weight excluding hydrogens is 207 g/mol. The highest BCUT2D eigenvalue weighted by molar-refractivity contribution is 5.47. The molecule has 0 atom stereocenters. The molecule has 0 spiro atoms. The van der Waals surface area contributed by atoms with Gasteiger partial charge in [-0.25, -0.2) is 4.39 Å². The summed E-state index contributed by atoms with van der Waals surface area (Å²) in [6.07, 6.45) is 0.844. The Labute approximate surface area is 95.8 Å². The lowest BCUT2D eigenvalue weighted by atomic mass is 10.2. The monoisotopic (exact) mass is 226 g/mol. The largest absolute Gasteiger partial charge is 0.488 e. The predicted molar refractivity (Wildman–Crippen MR) is 64.3 cm³/mol. The van der Waals surface area contributed by atoms with Crippen LogP contribution in [0.5, 0.6) is 5.75 Å². The molecule has 0 aliphatic carbocycles. The Morgan fingerprint density at radius 3 is 2.75 bits per heavy atom. The molecule has 0 fully saturated rings. The van der Waals surface area contributed by atoms with Gasteiger partial charge in [-0.1, -0.05) is 0 Å². The summed E-state index contributed by atoms with van der Waals surface area (Å²) < 4.78 is 18.8. The molecule has 1 aromatic rings. The van der Waals surface area contributed by atoms with Crippen molar-refractivity contribution in [2.75, 3.05) is 18.4 Å². The maximum absolute atomic E-state index is 13.5. The van der Waals surface area contributed by atoms with Crippen LogP contribution < -0.4 is 15.8 Å². The fourth-order valence-corrected chi connectivity index (χ4v) is 1.30. The molecule has 0 saturated carbocycles. The van der Waals surface area contributed by atoms with Crippen LogP contribution in [0, 0.1) is 5.82 Å². The minimum atomic E-state index is -0.341. The summed E-state index contributed by atoms with van der Waals surface area (Å²) in [5, 5.41) is 3.09. The third-order valence-corrected chi connectivity index (χ3v) is 2.00. The van der Waals surface area contributed by atoms with Crippen molar-refractivity contribution < 1.29 is 9.13 Å². The maximum atomic E-state index is 13.5. The average Bonchev–Trinajstić information content (AvgIpc) is 2.22. The van der Waals surface area contributed by atoms with Gasteiger partial charge in [0, 0.05) is 18.3 Å². The lowest BCUT2D eigenvalue weighted by Gasteiger charge is -2.12. The van der Waals surface area contributed by atoms with E-state index in [4.69, 9.17) is 10.5 Å². The first kappa shape index (κ1) is 12.8. The number of hydrogen-bond acceptors (Lipinski definition) is 3. The van der Waals surface area contributed by atoms with E-state index in [1.807, 2.05) is 13.8 Å². The molecular formula is C12H19FN2O. The summed E-state index contributed by atoms with van der Waals surface area (Å²) in [5.74, 6) is -0.0502. The van der Waals surface area contributed by atoms with Gasteiger partial charge < -0.3 is 15.8 Å². The first-order valence-corrected chi connectivity index (χ1v) is 5.53. The van der Waals surface area contributed by atoms with E-state index in [2.05, 4.69) is 5.32 Å². The Kier molecular flexibility index (Phi) is 5.05. The zero-order valence-corrected chi connectivity index (χ0v) is 9.79. The van der Waals surface area contributed by atoms with Crippen molar-refractivity contribution in [3.63, 3.8) is 0 Å². The predicted octanol–water partition coefficient (Wildman–Crippen LogP) is 2.37. The van der Waals surface area contributed by atoms with Gasteiger partial charge in [0.05, 0.1) is 6.10 Å². The van der Waals surface area contributed by atoms with Crippen molar-refractivity contribution >= 4 is 5.69 Å². The molecule has 0 unspecified atom stereocenters. The van der Waals surface area contributed by atoms with Gasteiger partial charge in [0.2, 0.25) is 0 Å². The Morgan fingerprint density at radius 1 is 1.44 bits per heavy atom. The number of halogens is 1. The highest BCUT2D eigenvalue weighted by Crippen LogP contribution is 2.22. The number of hydrogen-bond donors (Lipinski definition) is 2. The SMILES string of the molecule is CC(C)Oc1ccc(NCCCN)cc1F. The van der Waals surface area contributed by atoms with Crippen molar-refractivity contribution in [1.29, 1.82) is 0 Å². The molecule has 0 heterocycles. The van der Waals surface area contributed by atoms with Crippen molar-refractivity contribution in [1.82, 2.24) is 0 Å². The van der Waals surface area contributed by atoms with E-state index in [-0.39, 0.29) is 11.9 Å². The summed E-state index contributed by atoms with van der Waals surface area (Å²) in [5.41, 5.74) is 6.12. The van der Waals surface area contributed by atoms with E-state index in [0.29, 0.717) is 12.3 Å². The van der Waals surface area contributed by atoms with E-state index in [1.165, 1.54) is 6.07 Å². The number of ether oxygens (including phenoxy) is 1. The first-order valence-electron chi connectivity index (χ1n) is 5.53. The standard InChI is InChI=1S/C12H19FN2O/c1-9(2)16-12-5-4-10(8-11(12)13)15-7-3-6-14/h4-5,8-9,15H,3,6-7,14H2,1-2H3. The van der Waals surface area contributed by atoms with Crippen molar-refractivity contribution in [2.45, 2.75) is 26.4 Å². The lowest BCUT2D eigenvalue weighted by molar-refractivity contribution is 0.231. The van der Waals surface area contributed by atoms with Crippen LogP contribution in [0.4, 0.5) is 10.1 Å². The maximum Gasteiger partial charge on any atom is 0.167 e. The molecule has 1 rings (SSSR count). The molecule has 0 saturated heterocycles. The Morgan fingerprint density at radius 2 is 2.19 bits per heavy atom. The van der Waals surface area contributed by atoms with Gasteiger partial charge in [0.25, 0.3) is 0 Å². The molecule has 1 aromatic carbocycles. The van der Waals surface area contributed by atoms with E-state index < -0.39 is 0 Å². The molecule has 90 valence electrons. The summed E-state index contributed by atoms with van der Waals surface area (Å²) in [4.78, 5) is 0. The molecule has 3 nitrogen and oxygen atoms in total. The van der Waals surface area contributed by atoms with Gasteiger partial charge in [0.15, 0.2) is 11.6 Å². The van der Waals surface area contributed by atoms with Gasteiger partial charge in [-0.15, -0.1) is 0 Å². The summed E-state index contributed by atoms with van der Waals surface area (Å²) in [7, 11) is 0. The Bertz CT molecular complexity index is 329. The van der Waals surface area contributed by atoms with Crippen LogP contribution in [0.1, 0.15) is 20.3 Å². The number of nitrogens with two attached hydrogens (primary N) is 1. The molecule has 16 heavy (non-hydrogen) atoms. The third kappa shape index (κ3) is 4.06. The Hall–Kier alpha value is -1.29. The van der Waals surface area contributed by atoms with E-state index in [0.717, 1.165) is 18.7 Å². The molecule has 0 radical (unpaired) electrons. The van der Waals surface area contributed by atoms with Crippen molar-refractivity contribution in [3.8, 4) is 5.75 Å². The molecule has 0 aliphatic rings. The molecule has 0 aliphatic heterocycles. The Balaban J connectivity index is 2.60. The van der Waals surface area contributed by atoms with E-state index in [1.54, 1.807) is 12.1 Å². The second kappa shape index (κ2) is 6.33. The van der Waals surface area contributed by atoms with Crippen LogP contribution in [0.3, 0.4) is 0 Å². The quantitative estimate of drug-likeness (QED) is 0.732. The van der Waals surface area contributed by atoms with Gasteiger partial charge in [-0.05, 0) is 38.9 Å². The molecule has 0 amide bonds. The van der Waals surface area contributed by atoms with Crippen LogP contribution in [-0.2, 0) is 0 Å². The fraction of sp³-hybridized carbons (Fsp3) is 0.500. The average molecular weight is 226 g/mol. The van der Waals surface area contributed by atoms with Gasteiger partial charge in [-0.2, -0.15) is 0 Å². The lowest BCUT2D eigenvalue weighted by Crippen LogP contribution is -2.09. The summed E-state index contributed by atoms with van der Waals surface area (Å²) >= 11 is 0.